The monoisotopic (exact) mass is 394 g/mol. The standard InChI is InChI=1S/C21H16ClFN4O/c1-13-11-16-19(26-21(28)25-14-5-6-18(23)17(22)12-14)3-2-4-20(16)27(13)15-7-9-24-10-8-15/h2-12H,1H3,(H2,25,26,28). The molecule has 2 amide bonds. The Morgan fingerprint density at radius 2 is 1.86 bits per heavy atom. The minimum atomic E-state index is -0.537. The smallest absolute Gasteiger partial charge is 0.314 e. The van der Waals surface area contributed by atoms with Crippen molar-refractivity contribution in [2.75, 3.05) is 10.6 Å². The number of nitrogens with one attached hydrogen (secondary N) is 2. The van der Waals surface area contributed by atoms with Gasteiger partial charge in [0, 0.05) is 34.8 Å². The molecule has 0 aliphatic heterocycles. The van der Waals surface area contributed by atoms with Gasteiger partial charge in [-0.3, -0.25) is 4.98 Å². The quantitative estimate of drug-likeness (QED) is 0.463. The molecule has 5 nitrogen and oxygen atoms in total. The summed E-state index contributed by atoms with van der Waals surface area (Å²) in [5.74, 6) is -0.537. The summed E-state index contributed by atoms with van der Waals surface area (Å²) in [7, 11) is 0. The van der Waals surface area contributed by atoms with Crippen LogP contribution >= 0.6 is 11.6 Å². The van der Waals surface area contributed by atoms with Crippen LogP contribution < -0.4 is 10.6 Å². The maximum Gasteiger partial charge on any atom is 0.323 e. The van der Waals surface area contributed by atoms with Crippen molar-refractivity contribution in [1.82, 2.24) is 9.55 Å². The van der Waals surface area contributed by atoms with E-state index in [1.807, 2.05) is 43.3 Å². The van der Waals surface area contributed by atoms with Crippen LogP contribution in [-0.4, -0.2) is 15.6 Å². The number of amides is 2. The predicted octanol–water partition coefficient (Wildman–Crippen LogP) is 5.77. The van der Waals surface area contributed by atoms with Crippen LogP contribution in [0.4, 0.5) is 20.6 Å². The number of pyridine rings is 1. The van der Waals surface area contributed by atoms with Crippen LogP contribution in [0.1, 0.15) is 5.69 Å². The van der Waals surface area contributed by atoms with Crippen molar-refractivity contribution in [3.05, 3.63) is 83.5 Å². The van der Waals surface area contributed by atoms with Gasteiger partial charge in [0.25, 0.3) is 0 Å². The molecule has 0 spiro atoms. The van der Waals surface area contributed by atoms with Crippen LogP contribution in [0.3, 0.4) is 0 Å². The van der Waals surface area contributed by atoms with Crippen molar-refractivity contribution in [3.8, 4) is 5.69 Å². The minimum absolute atomic E-state index is 0.0510. The first-order valence-electron chi connectivity index (χ1n) is 8.57. The van der Waals surface area contributed by atoms with E-state index in [2.05, 4.69) is 20.2 Å². The fourth-order valence-electron chi connectivity index (χ4n) is 3.17. The summed E-state index contributed by atoms with van der Waals surface area (Å²) in [4.78, 5) is 16.5. The van der Waals surface area contributed by atoms with E-state index in [4.69, 9.17) is 11.6 Å². The lowest BCUT2D eigenvalue weighted by Gasteiger charge is -2.11. The van der Waals surface area contributed by atoms with Gasteiger partial charge in [-0.2, -0.15) is 0 Å². The summed E-state index contributed by atoms with van der Waals surface area (Å²) in [6, 6.07) is 15.1. The van der Waals surface area contributed by atoms with E-state index in [0.29, 0.717) is 11.4 Å². The Morgan fingerprint density at radius 1 is 1.07 bits per heavy atom. The zero-order valence-corrected chi connectivity index (χ0v) is 15.7. The minimum Gasteiger partial charge on any atom is -0.314 e. The van der Waals surface area contributed by atoms with Gasteiger partial charge in [-0.25, -0.2) is 9.18 Å². The van der Waals surface area contributed by atoms with Crippen molar-refractivity contribution >= 4 is 39.9 Å². The van der Waals surface area contributed by atoms with Crippen molar-refractivity contribution < 1.29 is 9.18 Å². The fraction of sp³-hybridized carbons (Fsp3) is 0.0476. The molecule has 140 valence electrons. The molecular formula is C21H16ClFN4O. The molecule has 0 fully saturated rings. The van der Waals surface area contributed by atoms with E-state index >= 15 is 0 Å². The number of rotatable bonds is 3. The molecule has 0 unspecified atom stereocenters. The summed E-state index contributed by atoms with van der Waals surface area (Å²) in [6.07, 6.45) is 3.48. The number of benzene rings is 2. The molecule has 0 bridgehead atoms. The van der Waals surface area contributed by atoms with Crippen molar-refractivity contribution in [1.29, 1.82) is 0 Å². The number of nitrogens with zero attached hydrogens (tertiary/aromatic N) is 2. The Balaban J connectivity index is 1.64. The highest BCUT2D eigenvalue weighted by molar-refractivity contribution is 6.31. The number of hydrogen-bond donors (Lipinski definition) is 2. The molecule has 0 aliphatic rings. The lowest BCUT2D eigenvalue weighted by atomic mass is 10.2. The van der Waals surface area contributed by atoms with Gasteiger partial charge in [0.1, 0.15) is 5.82 Å². The highest BCUT2D eigenvalue weighted by atomic mass is 35.5. The Bertz CT molecular complexity index is 1170. The Hall–Kier alpha value is -3.38. The average Bonchev–Trinajstić information content (AvgIpc) is 3.02. The highest BCUT2D eigenvalue weighted by Gasteiger charge is 2.13. The Labute approximate surface area is 165 Å². The van der Waals surface area contributed by atoms with Gasteiger partial charge >= 0.3 is 6.03 Å². The lowest BCUT2D eigenvalue weighted by Crippen LogP contribution is -2.19. The van der Waals surface area contributed by atoms with Crippen LogP contribution in [0, 0.1) is 12.7 Å². The predicted molar refractivity (Wildman–Crippen MR) is 110 cm³/mol. The first-order chi connectivity index (χ1) is 13.5. The fourth-order valence-corrected chi connectivity index (χ4v) is 3.35. The van der Waals surface area contributed by atoms with Gasteiger partial charge in [0.2, 0.25) is 0 Å². The number of carbonyl (C=O) groups is 1. The largest absolute Gasteiger partial charge is 0.323 e. The molecule has 7 heteroatoms. The molecular weight excluding hydrogens is 379 g/mol. The van der Waals surface area contributed by atoms with E-state index in [9.17, 15) is 9.18 Å². The zero-order chi connectivity index (χ0) is 19.7. The topological polar surface area (TPSA) is 59.0 Å². The van der Waals surface area contributed by atoms with Crippen molar-refractivity contribution in [3.63, 3.8) is 0 Å². The summed E-state index contributed by atoms with van der Waals surface area (Å²) in [6.45, 7) is 2.00. The third-order valence-corrected chi connectivity index (χ3v) is 4.67. The van der Waals surface area contributed by atoms with Crippen LogP contribution in [0.5, 0.6) is 0 Å². The van der Waals surface area contributed by atoms with Gasteiger partial charge in [-0.15, -0.1) is 0 Å². The van der Waals surface area contributed by atoms with Crippen molar-refractivity contribution in [2.45, 2.75) is 6.92 Å². The number of urea groups is 1. The maximum atomic E-state index is 13.3. The molecule has 4 aromatic rings. The molecule has 0 atom stereocenters. The van der Waals surface area contributed by atoms with E-state index < -0.39 is 11.8 Å². The first kappa shape index (κ1) is 18.0. The number of anilines is 2. The van der Waals surface area contributed by atoms with Gasteiger partial charge < -0.3 is 15.2 Å². The maximum absolute atomic E-state index is 13.3. The van der Waals surface area contributed by atoms with Gasteiger partial charge in [-0.1, -0.05) is 17.7 Å². The SMILES string of the molecule is Cc1cc2c(NC(=O)Nc3ccc(F)c(Cl)c3)cccc2n1-c1ccncc1. The zero-order valence-electron chi connectivity index (χ0n) is 14.9. The normalized spacial score (nSPS) is 10.8. The molecule has 2 aromatic carbocycles. The molecule has 4 rings (SSSR count). The first-order valence-corrected chi connectivity index (χ1v) is 8.95. The summed E-state index contributed by atoms with van der Waals surface area (Å²) in [5.41, 5.74) is 4.05. The van der Waals surface area contributed by atoms with Crippen LogP contribution in [-0.2, 0) is 0 Å². The van der Waals surface area contributed by atoms with Gasteiger partial charge in [-0.05, 0) is 55.5 Å². The second kappa shape index (κ2) is 7.32. The van der Waals surface area contributed by atoms with Gasteiger partial charge in [0.05, 0.1) is 16.2 Å². The van der Waals surface area contributed by atoms with E-state index in [-0.39, 0.29) is 5.02 Å². The summed E-state index contributed by atoms with van der Waals surface area (Å²) >= 11 is 5.76. The average molecular weight is 395 g/mol. The molecule has 0 aliphatic carbocycles. The van der Waals surface area contributed by atoms with E-state index in [1.54, 1.807) is 12.4 Å². The second-order valence-electron chi connectivity index (χ2n) is 6.27. The van der Waals surface area contributed by atoms with Crippen LogP contribution in [0.15, 0.2) is 67.0 Å². The second-order valence-corrected chi connectivity index (χ2v) is 6.68. The molecule has 2 N–H and O–H groups in total. The lowest BCUT2D eigenvalue weighted by molar-refractivity contribution is 0.262. The van der Waals surface area contributed by atoms with Crippen molar-refractivity contribution in [2.24, 2.45) is 0 Å². The number of aryl methyl sites for hydroxylation is 1. The van der Waals surface area contributed by atoms with Crippen LogP contribution in [0.2, 0.25) is 5.02 Å². The van der Waals surface area contributed by atoms with E-state index in [1.165, 1.54) is 18.2 Å². The highest BCUT2D eigenvalue weighted by Crippen LogP contribution is 2.29. The molecule has 2 aromatic heterocycles. The Kier molecular flexibility index (Phi) is 4.71. The number of fused-ring (bicyclic) bond motifs is 1. The summed E-state index contributed by atoms with van der Waals surface area (Å²) in [5, 5.41) is 6.36. The number of halogens is 2. The molecule has 0 radical (unpaired) electrons. The number of carbonyl (C=O) groups excluding carboxylic acids is 1. The third-order valence-electron chi connectivity index (χ3n) is 4.38. The number of hydrogen-bond acceptors (Lipinski definition) is 2. The van der Waals surface area contributed by atoms with E-state index in [0.717, 1.165) is 22.3 Å². The molecule has 0 saturated carbocycles. The number of aromatic nitrogens is 2. The third kappa shape index (κ3) is 3.42. The molecule has 2 heterocycles. The summed E-state index contributed by atoms with van der Waals surface area (Å²) < 4.78 is 15.4. The Morgan fingerprint density at radius 3 is 2.61 bits per heavy atom. The molecule has 28 heavy (non-hydrogen) atoms. The van der Waals surface area contributed by atoms with Gasteiger partial charge in [0.15, 0.2) is 0 Å². The molecule has 0 saturated heterocycles. The van der Waals surface area contributed by atoms with Crippen LogP contribution in [0.25, 0.3) is 16.6 Å².